The maximum absolute atomic E-state index is 13.0. The van der Waals surface area contributed by atoms with Crippen molar-refractivity contribution in [1.82, 2.24) is 0 Å². The highest BCUT2D eigenvalue weighted by molar-refractivity contribution is 9.10. The largest absolute Gasteiger partial charge is 0.388 e. The molecule has 1 atom stereocenters. The zero-order chi connectivity index (χ0) is 22.7. The quantitative estimate of drug-likeness (QED) is 0.419. The lowest BCUT2D eigenvalue weighted by Gasteiger charge is -2.46. The topological polar surface area (TPSA) is 64.7 Å². The van der Waals surface area contributed by atoms with E-state index < -0.39 is 23.7 Å². The van der Waals surface area contributed by atoms with E-state index in [2.05, 4.69) is 41.7 Å². The number of alkyl halides is 2. The van der Waals surface area contributed by atoms with Crippen LogP contribution in [0.4, 0.5) is 8.78 Å². The van der Waals surface area contributed by atoms with E-state index in [0.29, 0.717) is 37.9 Å². The molecule has 2 aliphatic carbocycles. The molecule has 1 fully saturated rings. The van der Waals surface area contributed by atoms with Crippen molar-refractivity contribution in [3.8, 4) is 0 Å². The summed E-state index contributed by atoms with van der Waals surface area (Å²) >= 11 is 3.49. The van der Waals surface area contributed by atoms with Gasteiger partial charge in [-0.05, 0) is 75.1 Å². The van der Waals surface area contributed by atoms with Crippen LogP contribution in [-0.2, 0) is 21.5 Å². The monoisotopic (exact) mass is 486 g/mol. The summed E-state index contributed by atoms with van der Waals surface area (Å²) in [6, 6.07) is 5.90. The number of benzene rings is 1. The third kappa shape index (κ3) is 5.10. The number of aliphatic imine (C=N–C) groups is 1. The number of ether oxygens (including phenoxy) is 1. The molecule has 1 aromatic carbocycles. The van der Waals surface area contributed by atoms with Gasteiger partial charge in [-0.25, -0.2) is 0 Å². The van der Waals surface area contributed by atoms with E-state index in [1.807, 2.05) is 18.2 Å². The number of fused-ring (bicyclic) bond motifs is 1. The van der Waals surface area contributed by atoms with Crippen LogP contribution in [0.5, 0.6) is 0 Å². The smallest absolute Gasteiger partial charge is 0.345 e. The van der Waals surface area contributed by atoms with Gasteiger partial charge in [0, 0.05) is 9.89 Å². The number of amidine groups is 1. The van der Waals surface area contributed by atoms with E-state index in [1.54, 1.807) is 13.8 Å². The maximum Gasteiger partial charge on any atom is 0.345 e. The lowest BCUT2D eigenvalue weighted by Crippen LogP contribution is -2.50. The number of nitrogens with zero attached hydrogens (tertiary/aromatic N) is 1. The number of carbonyl (C=O) groups excluding carboxylic acids is 1. The Morgan fingerprint density at radius 1 is 1.23 bits per heavy atom. The van der Waals surface area contributed by atoms with E-state index in [9.17, 15) is 13.6 Å². The predicted octanol–water partition coefficient (Wildman–Crippen LogP) is 6.00. The molecule has 1 spiro atoms. The summed E-state index contributed by atoms with van der Waals surface area (Å²) in [5, 5.41) is 0. The van der Waals surface area contributed by atoms with Crippen molar-refractivity contribution in [1.29, 1.82) is 0 Å². The minimum atomic E-state index is -2.77. The zero-order valence-corrected chi connectivity index (χ0v) is 20.1. The first-order chi connectivity index (χ1) is 13.9. The highest BCUT2D eigenvalue weighted by Gasteiger charge is 2.61. The van der Waals surface area contributed by atoms with Crippen molar-refractivity contribution in [2.75, 3.05) is 0 Å². The van der Waals surface area contributed by atoms with E-state index in [-0.39, 0.29) is 5.78 Å². The standard InChI is InChI=1S/C19H23BrF2N2O2.C4H10/c1-11(25)19(24-12(2)23)16-9-14(20)4-3-13(16)10-18(19)7-5-15(6-8-18)26-17(21)22;1-4(2)3/h3-4,9,15,17H,5-8,10H2,1-2H3,(H2,23,24);4H,1-3H3. The van der Waals surface area contributed by atoms with E-state index in [0.717, 1.165) is 21.5 Å². The minimum Gasteiger partial charge on any atom is -0.388 e. The number of nitrogens with two attached hydrogens (primary N) is 1. The molecule has 2 aliphatic rings. The summed E-state index contributed by atoms with van der Waals surface area (Å²) in [6.07, 6.45) is 2.35. The molecule has 0 amide bonds. The molecular weight excluding hydrogens is 454 g/mol. The second kappa shape index (κ2) is 9.86. The molecule has 7 heteroatoms. The Morgan fingerprint density at radius 3 is 2.27 bits per heavy atom. The number of hydrogen-bond acceptors (Lipinski definition) is 3. The third-order valence-electron chi connectivity index (χ3n) is 5.80. The first kappa shape index (κ1) is 24.9. The zero-order valence-electron chi connectivity index (χ0n) is 18.5. The van der Waals surface area contributed by atoms with Crippen molar-refractivity contribution in [2.24, 2.45) is 22.1 Å². The number of ketones is 1. The van der Waals surface area contributed by atoms with Gasteiger partial charge in [0.05, 0.1) is 11.9 Å². The normalized spacial score (nSPS) is 28.5. The Hall–Kier alpha value is -1.34. The summed E-state index contributed by atoms with van der Waals surface area (Å²) in [7, 11) is 0. The Kier molecular flexibility index (Phi) is 8.19. The summed E-state index contributed by atoms with van der Waals surface area (Å²) in [5.74, 6) is 1.12. The first-order valence-corrected chi connectivity index (χ1v) is 11.3. The van der Waals surface area contributed by atoms with Gasteiger partial charge in [0.15, 0.2) is 11.3 Å². The SMILES string of the molecule is CC(=O)C1(N=C(C)N)c2cc(Br)ccc2CC12CCC(OC(F)F)CC2.CC(C)C. The van der Waals surface area contributed by atoms with Crippen molar-refractivity contribution in [3.05, 3.63) is 33.8 Å². The molecule has 0 bridgehead atoms. The molecule has 1 aromatic rings. The van der Waals surface area contributed by atoms with Crippen molar-refractivity contribution < 1.29 is 18.3 Å². The Bertz CT molecular complexity index is 783. The second-order valence-electron chi connectivity index (χ2n) is 9.11. The Labute approximate surface area is 186 Å². The van der Waals surface area contributed by atoms with Crippen LogP contribution in [-0.4, -0.2) is 24.3 Å². The third-order valence-corrected chi connectivity index (χ3v) is 6.29. The van der Waals surface area contributed by atoms with Gasteiger partial charge in [0.2, 0.25) is 0 Å². The number of rotatable bonds is 4. The van der Waals surface area contributed by atoms with Gasteiger partial charge >= 0.3 is 6.61 Å². The van der Waals surface area contributed by atoms with Gasteiger partial charge in [-0.1, -0.05) is 42.8 Å². The van der Waals surface area contributed by atoms with Crippen LogP contribution in [0, 0.1) is 11.3 Å². The van der Waals surface area contributed by atoms with Crippen LogP contribution in [0.2, 0.25) is 0 Å². The Balaban J connectivity index is 0.000000735. The molecule has 0 radical (unpaired) electrons. The predicted molar refractivity (Wildman–Crippen MR) is 120 cm³/mol. The molecule has 0 aromatic heterocycles. The van der Waals surface area contributed by atoms with Gasteiger partial charge in [0.1, 0.15) is 0 Å². The molecule has 0 saturated heterocycles. The molecule has 4 nitrogen and oxygen atoms in total. The minimum absolute atomic E-state index is 0.0626. The summed E-state index contributed by atoms with van der Waals surface area (Å²) in [6.45, 7) is 6.96. The van der Waals surface area contributed by atoms with E-state index in [1.165, 1.54) is 0 Å². The first-order valence-electron chi connectivity index (χ1n) is 10.5. The molecule has 168 valence electrons. The molecule has 0 heterocycles. The van der Waals surface area contributed by atoms with Crippen LogP contribution in [0.15, 0.2) is 27.7 Å². The lowest BCUT2D eigenvalue weighted by molar-refractivity contribution is -0.178. The fourth-order valence-electron chi connectivity index (χ4n) is 4.87. The molecule has 1 unspecified atom stereocenters. The maximum atomic E-state index is 13.0. The van der Waals surface area contributed by atoms with Gasteiger partial charge in [-0.15, -0.1) is 0 Å². The van der Waals surface area contributed by atoms with Crippen molar-refractivity contribution in [2.45, 2.75) is 85.0 Å². The van der Waals surface area contributed by atoms with Crippen LogP contribution >= 0.6 is 15.9 Å². The van der Waals surface area contributed by atoms with Crippen LogP contribution < -0.4 is 5.73 Å². The molecule has 3 rings (SSSR count). The average molecular weight is 487 g/mol. The number of carbonyl (C=O) groups is 1. The molecule has 0 aliphatic heterocycles. The fourth-order valence-corrected chi connectivity index (χ4v) is 5.23. The number of halogens is 3. The van der Waals surface area contributed by atoms with E-state index >= 15 is 0 Å². The van der Waals surface area contributed by atoms with Gasteiger partial charge < -0.3 is 10.5 Å². The van der Waals surface area contributed by atoms with Crippen molar-refractivity contribution >= 4 is 27.5 Å². The van der Waals surface area contributed by atoms with Gasteiger partial charge in [0.25, 0.3) is 0 Å². The van der Waals surface area contributed by atoms with Gasteiger partial charge in [-0.3, -0.25) is 9.79 Å². The molecular formula is C23H33BrF2N2O2. The lowest BCUT2D eigenvalue weighted by atomic mass is 9.60. The van der Waals surface area contributed by atoms with Crippen LogP contribution in [0.25, 0.3) is 0 Å². The van der Waals surface area contributed by atoms with Crippen LogP contribution in [0.3, 0.4) is 0 Å². The molecule has 30 heavy (non-hydrogen) atoms. The van der Waals surface area contributed by atoms with Crippen molar-refractivity contribution in [3.63, 3.8) is 0 Å². The average Bonchev–Trinajstić information content (AvgIpc) is 2.86. The highest BCUT2D eigenvalue weighted by atomic mass is 79.9. The molecule has 1 saturated carbocycles. The number of Topliss-reactive ketones (excluding diaryl/α,β-unsaturated/α-hetero) is 1. The second-order valence-corrected chi connectivity index (χ2v) is 10.0. The fraction of sp³-hybridized carbons (Fsp3) is 0.652. The summed E-state index contributed by atoms with van der Waals surface area (Å²) < 4.78 is 30.7. The summed E-state index contributed by atoms with van der Waals surface area (Å²) in [4.78, 5) is 17.7. The summed E-state index contributed by atoms with van der Waals surface area (Å²) in [5.41, 5.74) is 6.36. The number of hydrogen-bond donors (Lipinski definition) is 1. The van der Waals surface area contributed by atoms with Gasteiger partial charge in [-0.2, -0.15) is 8.78 Å². The highest BCUT2D eigenvalue weighted by Crippen LogP contribution is 2.60. The van der Waals surface area contributed by atoms with Crippen LogP contribution in [0.1, 0.15) is 71.4 Å². The molecule has 2 N–H and O–H groups in total. The Morgan fingerprint density at radius 2 is 1.80 bits per heavy atom. The van der Waals surface area contributed by atoms with E-state index in [4.69, 9.17) is 10.5 Å².